The van der Waals surface area contributed by atoms with Crippen molar-refractivity contribution in [3.05, 3.63) is 0 Å². The molecule has 23 heavy (non-hydrogen) atoms. The van der Waals surface area contributed by atoms with E-state index >= 15 is 0 Å². The topological polar surface area (TPSA) is 129 Å². The Hall–Kier alpha value is -2.63. The van der Waals surface area contributed by atoms with Crippen molar-refractivity contribution in [1.29, 1.82) is 5.26 Å². The van der Waals surface area contributed by atoms with Crippen LogP contribution in [-0.4, -0.2) is 54.0 Å². The van der Waals surface area contributed by atoms with Crippen molar-refractivity contribution in [2.24, 2.45) is 0 Å². The summed E-state index contributed by atoms with van der Waals surface area (Å²) < 4.78 is 4.74. The Balaban J connectivity index is 1.79. The third kappa shape index (κ3) is 3.77. The Morgan fingerprint density at radius 1 is 1.35 bits per heavy atom. The average Bonchev–Trinajstić information content (AvgIpc) is 3.07. The zero-order valence-corrected chi connectivity index (χ0v) is 12.6. The van der Waals surface area contributed by atoms with Crippen molar-refractivity contribution in [3.63, 3.8) is 0 Å². The van der Waals surface area contributed by atoms with Gasteiger partial charge in [0, 0.05) is 6.54 Å². The summed E-state index contributed by atoms with van der Waals surface area (Å²) in [5, 5.41) is 13.4. The van der Waals surface area contributed by atoms with E-state index < -0.39 is 42.5 Å². The zero-order valence-electron chi connectivity index (χ0n) is 12.6. The van der Waals surface area contributed by atoms with E-state index in [1.165, 1.54) is 0 Å². The molecule has 9 nitrogen and oxygen atoms in total. The van der Waals surface area contributed by atoms with Crippen LogP contribution in [0.15, 0.2) is 0 Å². The molecule has 1 aliphatic carbocycles. The molecule has 2 rings (SSSR count). The highest BCUT2D eigenvalue weighted by atomic mass is 16.5. The molecular weight excluding hydrogens is 304 g/mol. The fourth-order valence-corrected chi connectivity index (χ4v) is 2.77. The van der Waals surface area contributed by atoms with Gasteiger partial charge in [-0.15, -0.1) is 0 Å². The monoisotopic (exact) mass is 322 g/mol. The average molecular weight is 322 g/mol. The van der Waals surface area contributed by atoms with Gasteiger partial charge in [0.05, 0.1) is 12.5 Å². The predicted molar refractivity (Wildman–Crippen MR) is 75.6 cm³/mol. The van der Waals surface area contributed by atoms with E-state index in [9.17, 15) is 19.2 Å². The standard InChI is InChI=1S/C14H18N4O5/c15-6-3-7-16-10(19)9-23-11(20)8-18-12(21)14(17-13(18)22)4-1-2-5-14/h1-5,7-9H2,(H,16,19)(H,17,22). The molecule has 0 atom stereocenters. The van der Waals surface area contributed by atoms with E-state index in [-0.39, 0.29) is 13.0 Å². The fourth-order valence-electron chi connectivity index (χ4n) is 2.77. The van der Waals surface area contributed by atoms with Gasteiger partial charge in [0.2, 0.25) is 0 Å². The molecule has 0 aromatic carbocycles. The molecule has 1 aliphatic heterocycles. The summed E-state index contributed by atoms with van der Waals surface area (Å²) in [4.78, 5) is 48.1. The number of nitrogens with zero attached hydrogens (tertiary/aromatic N) is 2. The maximum Gasteiger partial charge on any atom is 0.326 e. The highest BCUT2D eigenvalue weighted by Gasteiger charge is 2.52. The van der Waals surface area contributed by atoms with Crippen LogP contribution in [0.5, 0.6) is 0 Å². The van der Waals surface area contributed by atoms with Crippen LogP contribution in [0.3, 0.4) is 0 Å². The Bertz CT molecular complexity index is 562. The first-order chi connectivity index (χ1) is 11.0. The van der Waals surface area contributed by atoms with Gasteiger partial charge in [0.15, 0.2) is 6.61 Å². The number of hydrogen-bond acceptors (Lipinski definition) is 6. The van der Waals surface area contributed by atoms with Crippen molar-refractivity contribution in [1.82, 2.24) is 15.5 Å². The Morgan fingerprint density at radius 2 is 2.04 bits per heavy atom. The summed E-state index contributed by atoms with van der Waals surface area (Å²) in [6.45, 7) is -0.862. The van der Waals surface area contributed by atoms with Gasteiger partial charge >= 0.3 is 12.0 Å². The minimum absolute atomic E-state index is 0.157. The van der Waals surface area contributed by atoms with Crippen LogP contribution in [0.2, 0.25) is 0 Å². The number of rotatable bonds is 6. The van der Waals surface area contributed by atoms with Gasteiger partial charge in [0.1, 0.15) is 12.1 Å². The normalized spacial score (nSPS) is 18.7. The fraction of sp³-hybridized carbons (Fsp3) is 0.643. The molecule has 2 N–H and O–H groups in total. The minimum Gasteiger partial charge on any atom is -0.454 e. The van der Waals surface area contributed by atoms with E-state index in [0.29, 0.717) is 12.8 Å². The molecule has 1 spiro atoms. The molecular formula is C14H18N4O5. The summed E-state index contributed by atoms with van der Waals surface area (Å²) >= 11 is 0. The second-order valence-electron chi connectivity index (χ2n) is 5.53. The SMILES string of the molecule is N#CCCNC(=O)COC(=O)CN1C(=O)NC2(CCCC2)C1=O. The highest BCUT2D eigenvalue weighted by molar-refractivity contribution is 6.08. The maximum absolute atomic E-state index is 12.3. The molecule has 0 bridgehead atoms. The largest absolute Gasteiger partial charge is 0.454 e. The lowest BCUT2D eigenvalue weighted by atomic mass is 9.98. The van der Waals surface area contributed by atoms with Crippen molar-refractivity contribution in [3.8, 4) is 6.07 Å². The number of carbonyl (C=O) groups is 4. The highest BCUT2D eigenvalue weighted by Crippen LogP contribution is 2.34. The molecule has 4 amide bonds. The van der Waals surface area contributed by atoms with Crippen LogP contribution in [0.4, 0.5) is 4.79 Å². The van der Waals surface area contributed by atoms with Crippen molar-refractivity contribution >= 4 is 23.8 Å². The molecule has 1 saturated carbocycles. The Morgan fingerprint density at radius 3 is 2.70 bits per heavy atom. The van der Waals surface area contributed by atoms with Crippen LogP contribution in [0.25, 0.3) is 0 Å². The Labute approximate surface area is 132 Å². The Kier molecular flexibility index (Phi) is 5.16. The first kappa shape index (κ1) is 16.7. The van der Waals surface area contributed by atoms with Crippen LogP contribution in [0, 0.1) is 11.3 Å². The van der Waals surface area contributed by atoms with Gasteiger partial charge in [-0.2, -0.15) is 5.26 Å². The van der Waals surface area contributed by atoms with Gasteiger partial charge in [-0.25, -0.2) is 4.79 Å². The lowest BCUT2D eigenvalue weighted by Gasteiger charge is -2.19. The molecule has 9 heteroatoms. The van der Waals surface area contributed by atoms with Gasteiger partial charge < -0.3 is 15.4 Å². The number of esters is 1. The third-order valence-electron chi connectivity index (χ3n) is 3.91. The maximum atomic E-state index is 12.3. The number of ether oxygens (including phenoxy) is 1. The number of hydrogen-bond donors (Lipinski definition) is 2. The molecule has 2 fully saturated rings. The number of nitrogens with one attached hydrogen (secondary N) is 2. The molecule has 2 aliphatic rings. The zero-order chi connectivity index (χ0) is 16.9. The molecule has 124 valence electrons. The number of amides is 4. The van der Waals surface area contributed by atoms with Crippen molar-refractivity contribution in [2.75, 3.05) is 19.7 Å². The summed E-state index contributed by atoms with van der Waals surface area (Å²) in [5.74, 6) is -1.78. The number of urea groups is 1. The van der Waals surface area contributed by atoms with Crippen molar-refractivity contribution in [2.45, 2.75) is 37.6 Å². The van der Waals surface area contributed by atoms with E-state index in [1.807, 2.05) is 6.07 Å². The first-order valence-corrected chi connectivity index (χ1v) is 7.42. The third-order valence-corrected chi connectivity index (χ3v) is 3.91. The van der Waals surface area contributed by atoms with Gasteiger partial charge in [-0.3, -0.25) is 19.3 Å². The van der Waals surface area contributed by atoms with E-state index in [2.05, 4.69) is 10.6 Å². The molecule has 0 aromatic heterocycles. The summed E-state index contributed by atoms with van der Waals surface area (Å²) in [6.07, 6.45) is 3.01. The molecule has 1 heterocycles. The smallest absolute Gasteiger partial charge is 0.326 e. The second-order valence-corrected chi connectivity index (χ2v) is 5.53. The summed E-state index contributed by atoms with van der Waals surface area (Å²) in [6, 6.07) is 1.25. The van der Waals surface area contributed by atoms with Gasteiger partial charge in [-0.1, -0.05) is 12.8 Å². The van der Waals surface area contributed by atoms with Crippen LogP contribution in [0.1, 0.15) is 32.1 Å². The van der Waals surface area contributed by atoms with Crippen molar-refractivity contribution < 1.29 is 23.9 Å². The van der Waals surface area contributed by atoms with E-state index in [4.69, 9.17) is 10.00 Å². The van der Waals surface area contributed by atoms with E-state index in [0.717, 1.165) is 17.7 Å². The number of carbonyl (C=O) groups excluding carboxylic acids is 4. The minimum atomic E-state index is -0.869. The predicted octanol–water partition coefficient (Wildman–Crippen LogP) is -0.576. The second kappa shape index (κ2) is 7.09. The lowest BCUT2D eigenvalue weighted by Crippen LogP contribution is -2.44. The number of nitriles is 1. The van der Waals surface area contributed by atoms with Crippen LogP contribution in [-0.2, 0) is 19.1 Å². The first-order valence-electron chi connectivity index (χ1n) is 7.42. The molecule has 1 saturated heterocycles. The quantitative estimate of drug-likeness (QED) is 0.382. The summed E-state index contributed by atoms with van der Waals surface area (Å²) in [5.41, 5.74) is -0.869. The van der Waals surface area contributed by atoms with Gasteiger partial charge in [-0.05, 0) is 12.8 Å². The summed E-state index contributed by atoms with van der Waals surface area (Å²) in [7, 11) is 0. The lowest BCUT2D eigenvalue weighted by molar-refractivity contribution is -0.151. The number of imide groups is 1. The van der Waals surface area contributed by atoms with Crippen LogP contribution >= 0.6 is 0 Å². The molecule has 0 unspecified atom stereocenters. The van der Waals surface area contributed by atoms with E-state index in [1.54, 1.807) is 0 Å². The molecule has 0 radical (unpaired) electrons. The van der Waals surface area contributed by atoms with Gasteiger partial charge in [0.25, 0.3) is 11.8 Å². The van der Waals surface area contributed by atoms with Crippen LogP contribution < -0.4 is 10.6 Å². The molecule has 0 aromatic rings.